The van der Waals surface area contributed by atoms with Gasteiger partial charge in [0.15, 0.2) is 0 Å². The summed E-state index contributed by atoms with van der Waals surface area (Å²) in [5.41, 5.74) is 8.26. The standard InChI is InChI=1S/C15H18N4O2/c1-9-7-15(21)19(11(3)17-9)8-14(20)18-13-6-4-5-12(16)10(13)2/h4-7H,8,16H2,1-3H3,(H,18,20). The Bertz CT molecular complexity index is 750. The third-order valence-corrected chi connectivity index (χ3v) is 3.28. The zero-order valence-corrected chi connectivity index (χ0v) is 12.3. The van der Waals surface area contributed by atoms with Crippen LogP contribution in [0.15, 0.2) is 29.1 Å². The molecule has 2 rings (SSSR count). The Morgan fingerprint density at radius 3 is 2.71 bits per heavy atom. The smallest absolute Gasteiger partial charge is 0.254 e. The van der Waals surface area contributed by atoms with Gasteiger partial charge in [-0.25, -0.2) is 4.98 Å². The molecule has 1 aromatic heterocycles. The number of benzene rings is 1. The highest BCUT2D eigenvalue weighted by Gasteiger charge is 2.10. The molecule has 0 aliphatic carbocycles. The van der Waals surface area contributed by atoms with Crippen LogP contribution in [0.3, 0.4) is 0 Å². The third-order valence-electron chi connectivity index (χ3n) is 3.28. The Morgan fingerprint density at radius 2 is 2.05 bits per heavy atom. The summed E-state index contributed by atoms with van der Waals surface area (Å²) >= 11 is 0. The van der Waals surface area contributed by atoms with E-state index in [0.717, 1.165) is 5.56 Å². The maximum atomic E-state index is 12.1. The Labute approximate surface area is 122 Å². The second kappa shape index (κ2) is 5.78. The maximum absolute atomic E-state index is 12.1. The van der Waals surface area contributed by atoms with E-state index in [-0.39, 0.29) is 18.0 Å². The van der Waals surface area contributed by atoms with Crippen molar-refractivity contribution in [2.75, 3.05) is 11.1 Å². The van der Waals surface area contributed by atoms with Crippen molar-refractivity contribution in [3.8, 4) is 0 Å². The normalized spacial score (nSPS) is 10.4. The molecule has 1 aromatic carbocycles. The lowest BCUT2D eigenvalue weighted by atomic mass is 10.1. The van der Waals surface area contributed by atoms with Gasteiger partial charge in [-0.15, -0.1) is 0 Å². The molecule has 0 aliphatic rings. The number of nitrogens with zero attached hydrogens (tertiary/aromatic N) is 2. The van der Waals surface area contributed by atoms with Crippen molar-refractivity contribution in [2.45, 2.75) is 27.3 Å². The molecule has 0 aliphatic heterocycles. The number of aryl methyl sites for hydroxylation is 2. The highest BCUT2D eigenvalue weighted by atomic mass is 16.2. The van der Waals surface area contributed by atoms with E-state index in [0.29, 0.717) is 22.9 Å². The van der Waals surface area contributed by atoms with Crippen LogP contribution >= 0.6 is 0 Å². The van der Waals surface area contributed by atoms with Crippen LogP contribution in [0.5, 0.6) is 0 Å². The minimum absolute atomic E-state index is 0.0772. The zero-order valence-electron chi connectivity index (χ0n) is 12.3. The molecule has 0 radical (unpaired) electrons. The number of nitrogens with two attached hydrogens (primary N) is 1. The van der Waals surface area contributed by atoms with Crippen LogP contribution in [0, 0.1) is 20.8 Å². The lowest BCUT2D eigenvalue weighted by molar-refractivity contribution is -0.116. The van der Waals surface area contributed by atoms with E-state index in [1.54, 1.807) is 32.0 Å². The Balaban J connectivity index is 2.20. The number of nitrogens with one attached hydrogen (secondary N) is 1. The van der Waals surface area contributed by atoms with Crippen molar-refractivity contribution < 1.29 is 4.79 Å². The van der Waals surface area contributed by atoms with Crippen molar-refractivity contribution in [2.24, 2.45) is 0 Å². The van der Waals surface area contributed by atoms with Gasteiger partial charge in [0.1, 0.15) is 12.4 Å². The van der Waals surface area contributed by atoms with Gasteiger partial charge < -0.3 is 11.1 Å². The molecule has 6 heteroatoms. The molecule has 3 N–H and O–H groups in total. The Hall–Kier alpha value is -2.63. The van der Waals surface area contributed by atoms with Crippen LogP contribution in [0.2, 0.25) is 0 Å². The topological polar surface area (TPSA) is 90.0 Å². The molecule has 0 unspecified atom stereocenters. The van der Waals surface area contributed by atoms with E-state index >= 15 is 0 Å². The second-order valence-corrected chi connectivity index (χ2v) is 4.94. The Kier molecular flexibility index (Phi) is 4.07. The van der Waals surface area contributed by atoms with Crippen LogP contribution in [0.1, 0.15) is 17.1 Å². The van der Waals surface area contributed by atoms with Gasteiger partial charge in [0, 0.05) is 23.1 Å². The first-order valence-electron chi connectivity index (χ1n) is 6.58. The van der Waals surface area contributed by atoms with Crippen molar-refractivity contribution in [1.82, 2.24) is 9.55 Å². The summed E-state index contributed by atoms with van der Waals surface area (Å²) in [5.74, 6) is 0.221. The molecule has 0 saturated carbocycles. The molecule has 0 spiro atoms. The molecular formula is C15H18N4O2. The number of nitrogen functional groups attached to an aromatic ring is 1. The van der Waals surface area contributed by atoms with Gasteiger partial charge in [-0.2, -0.15) is 0 Å². The van der Waals surface area contributed by atoms with Gasteiger partial charge in [0.25, 0.3) is 5.56 Å². The van der Waals surface area contributed by atoms with E-state index in [2.05, 4.69) is 10.3 Å². The molecule has 1 amide bonds. The minimum atomic E-state index is -0.292. The average molecular weight is 286 g/mol. The number of hydrogen-bond donors (Lipinski definition) is 2. The quantitative estimate of drug-likeness (QED) is 0.834. The van der Waals surface area contributed by atoms with Gasteiger partial charge in [0.2, 0.25) is 5.91 Å². The lowest BCUT2D eigenvalue weighted by Gasteiger charge is -2.12. The predicted octanol–water partition coefficient (Wildman–Crippen LogP) is 1.39. The van der Waals surface area contributed by atoms with E-state index in [1.165, 1.54) is 10.6 Å². The highest BCUT2D eigenvalue weighted by Crippen LogP contribution is 2.20. The molecule has 21 heavy (non-hydrogen) atoms. The van der Waals surface area contributed by atoms with Crippen molar-refractivity contribution in [3.05, 3.63) is 51.7 Å². The number of carbonyl (C=O) groups excluding carboxylic acids is 1. The number of hydrogen-bond acceptors (Lipinski definition) is 4. The number of anilines is 2. The lowest BCUT2D eigenvalue weighted by Crippen LogP contribution is -2.30. The summed E-state index contributed by atoms with van der Waals surface area (Å²) in [7, 11) is 0. The zero-order chi connectivity index (χ0) is 15.6. The summed E-state index contributed by atoms with van der Waals surface area (Å²) in [5, 5.41) is 2.76. The van der Waals surface area contributed by atoms with Crippen molar-refractivity contribution in [1.29, 1.82) is 0 Å². The minimum Gasteiger partial charge on any atom is -0.398 e. The summed E-state index contributed by atoms with van der Waals surface area (Å²) in [6.45, 7) is 5.20. The molecule has 0 saturated heterocycles. The monoisotopic (exact) mass is 286 g/mol. The fraction of sp³-hybridized carbons (Fsp3) is 0.267. The van der Waals surface area contributed by atoms with Crippen LogP contribution in [0.25, 0.3) is 0 Å². The SMILES string of the molecule is Cc1cc(=O)n(CC(=O)Nc2cccc(N)c2C)c(C)n1. The summed E-state index contributed by atoms with van der Waals surface area (Å²) < 4.78 is 1.34. The van der Waals surface area contributed by atoms with Crippen LogP contribution in [-0.4, -0.2) is 15.5 Å². The van der Waals surface area contributed by atoms with Gasteiger partial charge >= 0.3 is 0 Å². The number of amides is 1. The molecular weight excluding hydrogens is 268 g/mol. The molecule has 6 nitrogen and oxygen atoms in total. The molecule has 2 aromatic rings. The van der Waals surface area contributed by atoms with Crippen LogP contribution < -0.4 is 16.6 Å². The third kappa shape index (κ3) is 3.28. The van der Waals surface area contributed by atoms with Gasteiger partial charge in [-0.3, -0.25) is 14.2 Å². The number of rotatable bonds is 3. The number of aromatic nitrogens is 2. The second-order valence-electron chi connectivity index (χ2n) is 4.94. The van der Waals surface area contributed by atoms with Gasteiger partial charge in [0.05, 0.1) is 0 Å². The Morgan fingerprint density at radius 1 is 1.33 bits per heavy atom. The van der Waals surface area contributed by atoms with Crippen molar-refractivity contribution >= 4 is 17.3 Å². The predicted molar refractivity (Wildman–Crippen MR) is 82.2 cm³/mol. The summed E-state index contributed by atoms with van der Waals surface area (Å²) in [6, 6.07) is 6.71. The average Bonchev–Trinajstić information content (AvgIpc) is 2.39. The van der Waals surface area contributed by atoms with Crippen LogP contribution in [-0.2, 0) is 11.3 Å². The van der Waals surface area contributed by atoms with Crippen molar-refractivity contribution in [3.63, 3.8) is 0 Å². The van der Waals surface area contributed by atoms with E-state index in [1.807, 2.05) is 6.92 Å². The molecule has 0 bridgehead atoms. The maximum Gasteiger partial charge on any atom is 0.254 e. The highest BCUT2D eigenvalue weighted by molar-refractivity contribution is 5.92. The molecule has 110 valence electrons. The molecule has 1 heterocycles. The fourth-order valence-electron chi connectivity index (χ4n) is 2.08. The molecule has 0 fully saturated rings. The van der Waals surface area contributed by atoms with Gasteiger partial charge in [-0.1, -0.05) is 6.07 Å². The van der Waals surface area contributed by atoms with Gasteiger partial charge in [-0.05, 0) is 38.5 Å². The summed E-state index contributed by atoms with van der Waals surface area (Å²) in [4.78, 5) is 28.2. The number of carbonyl (C=O) groups is 1. The first kappa shape index (κ1) is 14.8. The largest absolute Gasteiger partial charge is 0.398 e. The molecule has 0 atom stereocenters. The summed E-state index contributed by atoms with van der Waals surface area (Å²) in [6.07, 6.45) is 0. The first-order valence-corrected chi connectivity index (χ1v) is 6.58. The van der Waals surface area contributed by atoms with E-state index in [4.69, 9.17) is 5.73 Å². The fourth-order valence-corrected chi connectivity index (χ4v) is 2.08. The van der Waals surface area contributed by atoms with E-state index < -0.39 is 0 Å². The van der Waals surface area contributed by atoms with E-state index in [9.17, 15) is 9.59 Å². The van der Waals surface area contributed by atoms with Crippen LogP contribution in [0.4, 0.5) is 11.4 Å². The first-order chi connectivity index (χ1) is 9.88.